The average molecular weight is 438 g/mol. The quantitative estimate of drug-likeness (QED) is 0.538. The lowest BCUT2D eigenvalue weighted by Crippen LogP contribution is -2.64. The number of aromatic nitrogens is 1. The molecule has 0 saturated heterocycles. The van der Waals surface area contributed by atoms with Crippen LogP contribution in [0.3, 0.4) is 0 Å². The zero-order valence-electron chi connectivity index (χ0n) is 17.3. The highest BCUT2D eigenvalue weighted by molar-refractivity contribution is 5.86. The van der Waals surface area contributed by atoms with Crippen LogP contribution in [-0.4, -0.2) is 39.0 Å². The minimum Gasteiger partial charge on any atom is -0.478 e. The number of para-hydroxylation sites is 1. The fraction of sp³-hybridized carbons (Fsp3) is 0.320. The van der Waals surface area contributed by atoms with Gasteiger partial charge in [0.25, 0.3) is 5.92 Å². The maximum atomic E-state index is 15.6. The van der Waals surface area contributed by atoms with Crippen molar-refractivity contribution in [3.05, 3.63) is 76.2 Å². The van der Waals surface area contributed by atoms with Crippen molar-refractivity contribution in [2.24, 2.45) is 0 Å². The molecule has 3 aromatic rings. The maximum absolute atomic E-state index is 15.6. The molecule has 2 aromatic carbocycles. The first kappa shape index (κ1) is 19.6. The normalized spacial score (nSPS) is 28.0. The molecule has 2 aliphatic heterocycles. The Bertz CT molecular complexity index is 1310. The summed E-state index contributed by atoms with van der Waals surface area (Å²) in [6.07, 6.45) is 2.60. The number of fused-ring (bicyclic) bond motifs is 10. The van der Waals surface area contributed by atoms with E-state index in [1.54, 1.807) is 6.07 Å². The van der Waals surface area contributed by atoms with Gasteiger partial charge in [0.2, 0.25) is 0 Å². The molecule has 4 atom stereocenters. The highest BCUT2D eigenvalue weighted by atomic mass is 19.3. The predicted octanol–water partition coefficient (Wildman–Crippen LogP) is 5.25. The van der Waals surface area contributed by atoms with Crippen molar-refractivity contribution in [3.63, 3.8) is 0 Å². The van der Waals surface area contributed by atoms with Crippen molar-refractivity contribution in [1.29, 1.82) is 0 Å². The Morgan fingerprint density at radius 2 is 2.06 bits per heavy atom. The molecule has 6 rings (SSSR count). The van der Waals surface area contributed by atoms with E-state index >= 15 is 4.39 Å². The van der Waals surface area contributed by atoms with Gasteiger partial charge in [0.1, 0.15) is 5.82 Å². The molecule has 2 unspecified atom stereocenters. The van der Waals surface area contributed by atoms with Crippen LogP contribution in [0.1, 0.15) is 53.3 Å². The molecule has 1 fully saturated rings. The van der Waals surface area contributed by atoms with E-state index in [2.05, 4.69) is 9.88 Å². The summed E-state index contributed by atoms with van der Waals surface area (Å²) in [7, 11) is 0. The Hall–Kier alpha value is -3.06. The van der Waals surface area contributed by atoms with Gasteiger partial charge < -0.3 is 10.1 Å². The van der Waals surface area contributed by atoms with Crippen molar-refractivity contribution in [1.82, 2.24) is 9.88 Å². The van der Waals surface area contributed by atoms with Gasteiger partial charge in [-0.3, -0.25) is 4.90 Å². The van der Waals surface area contributed by atoms with Crippen LogP contribution in [0.2, 0.25) is 0 Å². The molecule has 0 spiro atoms. The predicted molar refractivity (Wildman–Crippen MR) is 114 cm³/mol. The Kier molecular flexibility index (Phi) is 3.97. The largest absolute Gasteiger partial charge is 0.478 e. The molecule has 0 radical (unpaired) electrons. The second kappa shape index (κ2) is 6.48. The lowest BCUT2D eigenvalue weighted by atomic mass is 9.63. The number of aromatic amines is 1. The number of nitrogens with zero attached hydrogens (tertiary/aromatic N) is 1. The number of rotatable bonds is 2. The summed E-state index contributed by atoms with van der Waals surface area (Å²) in [6, 6.07) is 9.81. The zero-order valence-corrected chi connectivity index (χ0v) is 17.3. The van der Waals surface area contributed by atoms with E-state index in [9.17, 15) is 13.6 Å². The number of carboxylic acids is 1. The molecule has 1 aromatic heterocycles. The number of hydrogen-bond donors (Lipinski definition) is 2. The maximum Gasteiger partial charge on any atom is 0.328 e. The lowest BCUT2D eigenvalue weighted by molar-refractivity contribution is -0.170. The van der Waals surface area contributed by atoms with Crippen molar-refractivity contribution >= 4 is 22.9 Å². The molecule has 1 aliphatic carbocycles. The molecule has 1 saturated carbocycles. The average Bonchev–Trinajstić information content (AvgIpc) is 3.09. The van der Waals surface area contributed by atoms with Crippen LogP contribution in [-0.2, 0) is 11.2 Å². The summed E-state index contributed by atoms with van der Waals surface area (Å²) in [6.45, 7) is 2.03. The molecule has 32 heavy (non-hydrogen) atoms. The molecule has 2 N–H and O–H groups in total. The smallest absolute Gasteiger partial charge is 0.328 e. The second-order valence-corrected chi connectivity index (χ2v) is 9.15. The number of halogens is 3. The number of carbonyl (C=O) groups is 1. The topological polar surface area (TPSA) is 56.3 Å². The van der Waals surface area contributed by atoms with E-state index in [0.717, 1.165) is 28.2 Å². The Labute approximate surface area is 182 Å². The van der Waals surface area contributed by atoms with Crippen LogP contribution in [0.4, 0.5) is 13.2 Å². The number of carboxylic acid groups (broad SMARTS) is 1. The van der Waals surface area contributed by atoms with E-state index in [1.807, 2.05) is 31.2 Å². The van der Waals surface area contributed by atoms with E-state index in [4.69, 9.17) is 5.11 Å². The molecular formula is C25H21F3N2O2. The second-order valence-electron chi connectivity index (χ2n) is 9.15. The Morgan fingerprint density at radius 1 is 1.28 bits per heavy atom. The molecular weight excluding hydrogens is 417 g/mol. The molecule has 0 amide bonds. The van der Waals surface area contributed by atoms with Gasteiger partial charge in [0.05, 0.1) is 12.0 Å². The van der Waals surface area contributed by atoms with Gasteiger partial charge in [-0.2, -0.15) is 0 Å². The Morgan fingerprint density at radius 3 is 2.81 bits per heavy atom. The van der Waals surface area contributed by atoms with Crippen LogP contribution in [0.25, 0.3) is 17.0 Å². The lowest BCUT2D eigenvalue weighted by Gasteiger charge is -2.59. The van der Waals surface area contributed by atoms with Crippen LogP contribution in [0.15, 0.2) is 42.5 Å². The summed E-state index contributed by atoms with van der Waals surface area (Å²) in [4.78, 5) is 16.4. The summed E-state index contributed by atoms with van der Waals surface area (Å²) in [5, 5.41) is 10.0. The summed E-state index contributed by atoms with van der Waals surface area (Å²) >= 11 is 0. The van der Waals surface area contributed by atoms with Crippen LogP contribution in [0, 0.1) is 5.82 Å². The van der Waals surface area contributed by atoms with Gasteiger partial charge in [0, 0.05) is 46.7 Å². The number of nitrogens with one attached hydrogen (secondary N) is 1. The SMILES string of the molecule is C[C@H]1Cc2c([nH]c3ccccc23)[C@@H]2c3c(F)cc(/C=C/C(=O)O)cc3C3C(CC3(F)F)N21. The van der Waals surface area contributed by atoms with E-state index < -0.39 is 35.7 Å². The van der Waals surface area contributed by atoms with Crippen LogP contribution in [0.5, 0.6) is 0 Å². The third kappa shape index (κ3) is 2.57. The molecule has 3 heterocycles. The van der Waals surface area contributed by atoms with Crippen molar-refractivity contribution in [2.75, 3.05) is 0 Å². The first-order chi connectivity index (χ1) is 15.3. The monoisotopic (exact) mass is 438 g/mol. The van der Waals surface area contributed by atoms with Gasteiger partial charge in [-0.05, 0) is 48.2 Å². The highest BCUT2D eigenvalue weighted by Gasteiger charge is 2.64. The fourth-order valence-corrected chi connectivity index (χ4v) is 6.12. The van der Waals surface area contributed by atoms with Crippen LogP contribution < -0.4 is 0 Å². The minimum absolute atomic E-state index is 0.0190. The zero-order chi connectivity index (χ0) is 22.4. The number of hydrogen-bond acceptors (Lipinski definition) is 2. The first-order valence-corrected chi connectivity index (χ1v) is 10.8. The first-order valence-electron chi connectivity index (χ1n) is 10.8. The molecule has 3 aliphatic rings. The van der Waals surface area contributed by atoms with Crippen molar-refractivity contribution in [2.45, 2.75) is 49.7 Å². The standard InChI is InChI=1S/C25H21F3N2O2/c1-12-8-15-14-4-2-3-5-18(14)29-23(15)24-21-16(22-19(30(12)24)11-25(22,27)28)9-13(10-17(21)26)6-7-20(31)32/h2-7,9-10,12,19,22,24,29H,8,11H2,1H3,(H,31,32)/b7-6+/t12-,19?,22?,24-/m0/s1. The van der Waals surface area contributed by atoms with E-state index in [-0.39, 0.29) is 29.2 Å². The third-order valence-corrected chi connectivity index (χ3v) is 7.34. The molecule has 164 valence electrons. The molecule has 0 bridgehead atoms. The van der Waals surface area contributed by atoms with Gasteiger partial charge in [0.15, 0.2) is 0 Å². The van der Waals surface area contributed by atoms with Gasteiger partial charge in [-0.25, -0.2) is 18.0 Å². The number of H-pyrrole nitrogens is 1. The van der Waals surface area contributed by atoms with Crippen molar-refractivity contribution in [3.8, 4) is 0 Å². The van der Waals surface area contributed by atoms with Gasteiger partial charge in [-0.1, -0.05) is 24.3 Å². The number of alkyl halides is 2. The number of benzene rings is 2. The summed E-state index contributed by atoms with van der Waals surface area (Å²) in [5.74, 6) is -5.78. The minimum atomic E-state index is -2.92. The van der Waals surface area contributed by atoms with Gasteiger partial charge in [-0.15, -0.1) is 0 Å². The van der Waals surface area contributed by atoms with E-state index in [1.165, 1.54) is 12.1 Å². The molecule has 7 heteroatoms. The highest BCUT2D eigenvalue weighted by Crippen LogP contribution is 2.61. The van der Waals surface area contributed by atoms with Crippen molar-refractivity contribution < 1.29 is 23.1 Å². The Balaban J connectivity index is 1.61. The molecule has 4 nitrogen and oxygen atoms in total. The van der Waals surface area contributed by atoms with Gasteiger partial charge >= 0.3 is 5.97 Å². The van der Waals surface area contributed by atoms with E-state index in [0.29, 0.717) is 6.42 Å². The summed E-state index contributed by atoms with van der Waals surface area (Å²) in [5.41, 5.74) is 3.77. The fourth-order valence-electron chi connectivity index (χ4n) is 6.12. The van der Waals surface area contributed by atoms with Crippen LogP contribution >= 0.6 is 0 Å². The third-order valence-electron chi connectivity index (χ3n) is 7.34. The number of aliphatic carboxylic acids is 1. The summed E-state index contributed by atoms with van der Waals surface area (Å²) < 4.78 is 45.2.